The molecule has 0 saturated carbocycles. The first kappa shape index (κ1) is 16.0. The fourth-order valence-electron chi connectivity index (χ4n) is 2.63. The monoisotopic (exact) mass is 396 g/mol. The van der Waals surface area contributed by atoms with Crippen molar-refractivity contribution in [3.05, 3.63) is 48.0 Å². The summed E-state index contributed by atoms with van der Waals surface area (Å²) in [7, 11) is 0. The van der Waals surface area contributed by atoms with E-state index in [1.54, 1.807) is 0 Å². The van der Waals surface area contributed by atoms with Gasteiger partial charge >= 0.3 is 0 Å². The number of alkyl halides is 2. The third-order valence-corrected chi connectivity index (χ3v) is 5.43. The molecule has 0 aromatic heterocycles. The number of benzene rings is 2. The second-order valence-corrected chi connectivity index (χ2v) is 9.17. The molecule has 2 aromatic rings. The number of halogens is 2. The van der Waals surface area contributed by atoms with E-state index < -0.39 is 0 Å². The van der Waals surface area contributed by atoms with Crippen LogP contribution in [0.25, 0.3) is 10.8 Å². The summed E-state index contributed by atoms with van der Waals surface area (Å²) in [6.07, 6.45) is 7.69. The molecule has 0 atom stereocenters. The van der Waals surface area contributed by atoms with Crippen LogP contribution in [-0.2, 0) is 3.23 Å². The van der Waals surface area contributed by atoms with Gasteiger partial charge in [0, 0.05) is 0 Å². The maximum atomic E-state index is 3.90. The van der Waals surface area contributed by atoms with Crippen LogP contribution in [0, 0.1) is 0 Å². The molecule has 0 bridgehead atoms. The van der Waals surface area contributed by atoms with Gasteiger partial charge in [-0.25, -0.2) is 0 Å². The Morgan fingerprint density at radius 3 is 2.35 bits per heavy atom. The van der Waals surface area contributed by atoms with Gasteiger partial charge < -0.3 is 0 Å². The highest BCUT2D eigenvalue weighted by molar-refractivity contribution is 9.24. The molecular weight excluding hydrogens is 376 g/mol. The van der Waals surface area contributed by atoms with Crippen LogP contribution in [0.3, 0.4) is 0 Å². The molecule has 0 heterocycles. The Labute approximate surface area is 139 Å². The van der Waals surface area contributed by atoms with Gasteiger partial charge in [-0.15, -0.1) is 0 Å². The second kappa shape index (κ2) is 7.61. The van der Waals surface area contributed by atoms with Gasteiger partial charge in [-0.05, 0) is 22.8 Å². The van der Waals surface area contributed by atoms with Crippen molar-refractivity contribution in [2.24, 2.45) is 0 Å². The van der Waals surface area contributed by atoms with Crippen LogP contribution in [0.5, 0.6) is 0 Å². The number of fused-ring (bicyclic) bond motifs is 1. The lowest BCUT2D eigenvalue weighted by Crippen LogP contribution is -2.09. The summed E-state index contributed by atoms with van der Waals surface area (Å²) in [5, 5.41) is 2.64. The molecule has 108 valence electrons. The van der Waals surface area contributed by atoms with Crippen molar-refractivity contribution in [3.63, 3.8) is 0 Å². The summed E-state index contributed by atoms with van der Waals surface area (Å²) < 4.78 is -0.104. The Morgan fingerprint density at radius 2 is 1.55 bits per heavy atom. The number of hydrogen-bond acceptors (Lipinski definition) is 0. The van der Waals surface area contributed by atoms with Crippen LogP contribution in [0.1, 0.15) is 51.0 Å². The van der Waals surface area contributed by atoms with Gasteiger partial charge in [-0.2, -0.15) is 0 Å². The van der Waals surface area contributed by atoms with E-state index >= 15 is 0 Å². The zero-order valence-corrected chi connectivity index (χ0v) is 15.2. The van der Waals surface area contributed by atoms with Crippen LogP contribution < -0.4 is 0 Å². The van der Waals surface area contributed by atoms with Gasteiger partial charge in [0.25, 0.3) is 0 Å². The highest BCUT2D eigenvalue weighted by atomic mass is 79.9. The van der Waals surface area contributed by atoms with E-state index in [9.17, 15) is 0 Å². The molecule has 0 aliphatic carbocycles. The summed E-state index contributed by atoms with van der Waals surface area (Å²) in [5.74, 6) is 0. The zero-order valence-electron chi connectivity index (χ0n) is 12.0. The van der Waals surface area contributed by atoms with E-state index in [0.29, 0.717) is 0 Å². The molecule has 0 fully saturated rings. The minimum atomic E-state index is -0.104. The average Bonchev–Trinajstić information content (AvgIpc) is 2.46. The minimum Gasteiger partial charge on any atom is -0.0674 e. The van der Waals surface area contributed by atoms with Gasteiger partial charge in [-0.3, -0.25) is 0 Å². The maximum absolute atomic E-state index is 3.90. The average molecular weight is 398 g/mol. The fourth-order valence-corrected chi connectivity index (χ4v) is 3.88. The largest absolute Gasteiger partial charge is 0.106 e. The van der Waals surface area contributed by atoms with Crippen molar-refractivity contribution in [1.82, 2.24) is 0 Å². The second-order valence-electron chi connectivity index (χ2n) is 5.40. The highest BCUT2D eigenvalue weighted by Gasteiger charge is 2.26. The number of hydrogen-bond donors (Lipinski definition) is 0. The predicted molar refractivity (Wildman–Crippen MR) is 96.9 cm³/mol. The molecule has 2 aromatic carbocycles. The molecule has 20 heavy (non-hydrogen) atoms. The number of unbranched alkanes of at least 4 members (excludes halogenated alkanes) is 4. The van der Waals surface area contributed by atoms with Crippen LogP contribution in [-0.4, -0.2) is 0 Å². The molecule has 0 spiro atoms. The Bertz CT molecular complexity index is 541. The topological polar surface area (TPSA) is 0 Å². The summed E-state index contributed by atoms with van der Waals surface area (Å²) >= 11 is 7.79. The first-order valence-corrected chi connectivity index (χ1v) is 9.10. The van der Waals surface area contributed by atoms with E-state index in [1.165, 1.54) is 48.4 Å². The standard InChI is InChI=1S/C18H22Br2/c1-2-3-4-5-8-14-18(19,20)17-13-9-11-15-10-6-7-12-16(15)17/h6-7,9-13H,2-5,8,14H2,1H3. The van der Waals surface area contributed by atoms with E-state index in [0.717, 1.165) is 6.42 Å². The Hall–Kier alpha value is -0.340. The Morgan fingerprint density at radius 1 is 0.850 bits per heavy atom. The van der Waals surface area contributed by atoms with Crippen LogP contribution in [0.15, 0.2) is 42.5 Å². The predicted octanol–water partition coefficient (Wildman–Crippen LogP) is 7.14. The lowest BCUT2D eigenvalue weighted by atomic mass is 9.99. The maximum Gasteiger partial charge on any atom is 0.106 e. The van der Waals surface area contributed by atoms with Crippen molar-refractivity contribution in [2.75, 3.05) is 0 Å². The van der Waals surface area contributed by atoms with Crippen molar-refractivity contribution in [1.29, 1.82) is 0 Å². The Balaban J connectivity index is 2.11. The van der Waals surface area contributed by atoms with Crippen molar-refractivity contribution in [2.45, 2.75) is 48.7 Å². The SMILES string of the molecule is CCCCCCCC(Br)(Br)c1cccc2ccccc12. The van der Waals surface area contributed by atoms with Crippen LogP contribution in [0.4, 0.5) is 0 Å². The van der Waals surface area contributed by atoms with E-state index in [4.69, 9.17) is 0 Å². The fraction of sp³-hybridized carbons (Fsp3) is 0.444. The lowest BCUT2D eigenvalue weighted by molar-refractivity contribution is 0.598. The Kier molecular flexibility index (Phi) is 6.10. The highest BCUT2D eigenvalue weighted by Crippen LogP contribution is 2.45. The third-order valence-electron chi connectivity index (χ3n) is 3.78. The molecule has 0 radical (unpaired) electrons. The molecule has 0 aliphatic rings. The first-order chi connectivity index (χ1) is 9.65. The van der Waals surface area contributed by atoms with Gasteiger partial charge in [0.1, 0.15) is 3.23 Å². The molecule has 2 rings (SSSR count). The van der Waals surface area contributed by atoms with Gasteiger partial charge in [0.15, 0.2) is 0 Å². The summed E-state index contributed by atoms with van der Waals surface area (Å²) in [6.45, 7) is 2.26. The van der Waals surface area contributed by atoms with Crippen molar-refractivity contribution >= 4 is 42.6 Å². The minimum absolute atomic E-state index is 0.104. The molecular formula is C18H22Br2. The molecule has 0 N–H and O–H groups in total. The van der Waals surface area contributed by atoms with Crippen molar-refractivity contribution in [3.8, 4) is 0 Å². The van der Waals surface area contributed by atoms with Gasteiger partial charge in [0.2, 0.25) is 0 Å². The zero-order chi connectivity index (χ0) is 14.4. The summed E-state index contributed by atoms with van der Waals surface area (Å²) in [4.78, 5) is 0. The van der Waals surface area contributed by atoms with E-state index in [2.05, 4.69) is 81.2 Å². The molecule has 0 aliphatic heterocycles. The first-order valence-electron chi connectivity index (χ1n) is 7.51. The molecule has 0 amide bonds. The molecule has 0 saturated heterocycles. The lowest BCUT2D eigenvalue weighted by Gasteiger charge is -2.23. The normalized spacial score (nSPS) is 11.9. The summed E-state index contributed by atoms with van der Waals surface area (Å²) in [6, 6.07) is 15.1. The van der Waals surface area contributed by atoms with Crippen LogP contribution >= 0.6 is 31.9 Å². The summed E-state index contributed by atoms with van der Waals surface area (Å²) in [5.41, 5.74) is 1.34. The van der Waals surface area contributed by atoms with E-state index in [1.807, 2.05) is 0 Å². The number of rotatable bonds is 7. The molecule has 2 heteroatoms. The third kappa shape index (κ3) is 4.08. The molecule has 0 nitrogen and oxygen atoms in total. The van der Waals surface area contributed by atoms with Crippen molar-refractivity contribution < 1.29 is 0 Å². The smallest absolute Gasteiger partial charge is 0.0674 e. The van der Waals surface area contributed by atoms with Crippen LogP contribution in [0.2, 0.25) is 0 Å². The quantitative estimate of drug-likeness (QED) is 0.343. The molecule has 0 unspecified atom stereocenters. The van der Waals surface area contributed by atoms with E-state index in [-0.39, 0.29) is 3.23 Å². The van der Waals surface area contributed by atoms with Gasteiger partial charge in [-0.1, -0.05) is 113 Å². The van der Waals surface area contributed by atoms with Gasteiger partial charge in [0.05, 0.1) is 0 Å².